The Morgan fingerprint density at radius 1 is 1.20 bits per heavy atom. The molecule has 20 heavy (non-hydrogen) atoms. The Balaban J connectivity index is 1.80. The van der Waals surface area contributed by atoms with Crippen LogP contribution in [0.3, 0.4) is 0 Å². The van der Waals surface area contributed by atoms with Crippen molar-refractivity contribution in [3.05, 3.63) is 35.4 Å². The molecule has 0 N–H and O–H groups in total. The normalized spacial score (nSPS) is 23.4. The highest BCUT2D eigenvalue weighted by Gasteiger charge is 2.42. The van der Waals surface area contributed by atoms with Crippen LogP contribution in [0, 0.1) is 6.92 Å². The maximum absolute atomic E-state index is 12.7. The van der Waals surface area contributed by atoms with E-state index in [1.165, 1.54) is 5.56 Å². The Bertz CT molecular complexity index is 557. The van der Waals surface area contributed by atoms with Crippen molar-refractivity contribution in [3.63, 3.8) is 0 Å². The molecule has 1 aromatic rings. The van der Waals surface area contributed by atoms with Crippen molar-refractivity contribution in [2.75, 3.05) is 13.2 Å². The van der Waals surface area contributed by atoms with Gasteiger partial charge in [-0.1, -0.05) is 29.8 Å². The number of nitrogens with zero attached hydrogens (tertiary/aromatic N) is 1. The molecule has 110 valence electrons. The average Bonchev–Trinajstić information content (AvgIpc) is 3.09. The lowest BCUT2D eigenvalue weighted by Gasteiger charge is -2.25. The molecule has 0 radical (unpaired) electrons. The third-order valence-corrected chi connectivity index (χ3v) is 6.34. The van der Waals surface area contributed by atoms with Crippen molar-refractivity contribution >= 4 is 10.0 Å². The molecule has 1 aliphatic carbocycles. The van der Waals surface area contributed by atoms with E-state index in [9.17, 15) is 8.42 Å². The van der Waals surface area contributed by atoms with E-state index < -0.39 is 10.0 Å². The van der Waals surface area contributed by atoms with Gasteiger partial charge in [0.15, 0.2) is 0 Å². The molecular formula is C15H21NO3S. The van der Waals surface area contributed by atoms with Gasteiger partial charge < -0.3 is 4.74 Å². The van der Waals surface area contributed by atoms with Crippen molar-refractivity contribution in [3.8, 4) is 0 Å². The first-order valence-electron chi connectivity index (χ1n) is 7.21. The lowest BCUT2D eigenvalue weighted by Crippen LogP contribution is -2.40. The van der Waals surface area contributed by atoms with Gasteiger partial charge in [0.05, 0.1) is 6.61 Å². The fourth-order valence-corrected chi connectivity index (χ4v) is 4.60. The molecular weight excluding hydrogens is 274 g/mol. The molecule has 0 spiro atoms. The summed E-state index contributed by atoms with van der Waals surface area (Å²) in [4.78, 5) is 0. The number of sulfonamides is 1. The Labute approximate surface area is 120 Å². The standard InChI is InChI=1S/C15H21NO3S/c1-12-2-4-13(5-3-12)10-16(14-6-7-14)20(17,18)15-8-9-19-11-15/h2-5,14-15H,6-11H2,1H3. The molecule has 4 nitrogen and oxygen atoms in total. The van der Waals surface area contributed by atoms with Gasteiger partial charge in [-0.05, 0) is 31.7 Å². The molecule has 1 aromatic carbocycles. The van der Waals surface area contributed by atoms with Crippen LogP contribution in [0.15, 0.2) is 24.3 Å². The first kappa shape index (κ1) is 14.0. The van der Waals surface area contributed by atoms with Gasteiger partial charge in [-0.3, -0.25) is 0 Å². The predicted octanol–water partition coefficient (Wildman–Crippen LogP) is 2.08. The van der Waals surface area contributed by atoms with Crippen molar-refractivity contribution in [1.82, 2.24) is 4.31 Å². The Kier molecular flexibility index (Phi) is 3.84. The summed E-state index contributed by atoms with van der Waals surface area (Å²) in [5.74, 6) is 0. The molecule has 0 bridgehead atoms. The second-order valence-electron chi connectivity index (χ2n) is 5.79. The third-order valence-electron chi connectivity index (χ3n) is 4.05. The summed E-state index contributed by atoms with van der Waals surface area (Å²) >= 11 is 0. The second kappa shape index (κ2) is 5.47. The number of hydrogen-bond donors (Lipinski definition) is 0. The molecule has 0 amide bonds. The van der Waals surface area contributed by atoms with E-state index in [0.717, 1.165) is 18.4 Å². The molecule has 1 aliphatic heterocycles. The first-order valence-corrected chi connectivity index (χ1v) is 8.71. The van der Waals surface area contributed by atoms with Gasteiger partial charge >= 0.3 is 0 Å². The quantitative estimate of drug-likeness (QED) is 0.835. The average molecular weight is 295 g/mol. The van der Waals surface area contributed by atoms with Crippen LogP contribution < -0.4 is 0 Å². The molecule has 1 saturated carbocycles. The first-order chi connectivity index (χ1) is 9.57. The van der Waals surface area contributed by atoms with Gasteiger partial charge in [0.2, 0.25) is 10.0 Å². The van der Waals surface area contributed by atoms with Gasteiger partial charge in [0.25, 0.3) is 0 Å². The van der Waals surface area contributed by atoms with Gasteiger partial charge in [0, 0.05) is 19.2 Å². The number of ether oxygens (including phenoxy) is 1. The Morgan fingerprint density at radius 2 is 1.90 bits per heavy atom. The van der Waals surface area contributed by atoms with Crippen LogP contribution in [-0.2, 0) is 21.3 Å². The summed E-state index contributed by atoms with van der Waals surface area (Å²) in [6.07, 6.45) is 2.59. The topological polar surface area (TPSA) is 46.6 Å². The molecule has 1 unspecified atom stereocenters. The lowest BCUT2D eigenvalue weighted by atomic mass is 10.1. The SMILES string of the molecule is Cc1ccc(CN(C2CC2)S(=O)(=O)C2CCOC2)cc1. The fourth-order valence-electron chi connectivity index (χ4n) is 2.60. The maximum atomic E-state index is 12.7. The van der Waals surface area contributed by atoms with Gasteiger partial charge in [-0.25, -0.2) is 8.42 Å². The zero-order chi connectivity index (χ0) is 14.2. The minimum Gasteiger partial charge on any atom is -0.380 e. The minimum atomic E-state index is -3.24. The molecule has 3 rings (SSSR count). The van der Waals surface area contributed by atoms with Crippen molar-refractivity contribution < 1.29 is 13.2 Å². The zero-order valence-corrected chi connectivity index (χ0v) is 12.6. The number of aryl methyl sites for hydroxylation is 1. The summed E-state index contributed by atoms with van der Waals surface area (Å²) in [6.45, 7) is 3.44. The van der Waals surface area contributed by atoms with Crippen LogP contribution in [0.2, 0.25) is 0 Å². The summed E-state index contributed by atoms with van der Waals surface area (Å²) in [6, 6.07) is 8.30. The largest absolute Gasteiger partial charge is 0.380 e. The van der Waals surface area contributed by atoms with E-state index >= 15 is 0 Å². The number of rotatable bonds is 5. The van der Waals surface area contributed by atoms with Crippen LogP contribution >= 0.6 is 0 Å². The molecule has 0 aromatic heterocycles. The fraction of sp³-hybridized carbons (Fsp3) is 0.600. The van der Waals surface area contributed by atoms with Gasteiger partial charge in [0.1, 0.15) is 5.25 Å². The van der Waals surface area contributed by atoms with Crippen molar-refractivity contribution in [2.45, 2.75) is 44.0 Å². The van der Waals surface area contributed by atoms with E-state index in [4.69, 9.17) is 4.74 Å². The molecule has 2 fully saturated rings. The van der Waals surface area contributed by atoms with Gasteiger partial charge in [-0.2, -0.15) is 4.31 Å². The molecule has 2 aliphatic rings. The summed E-state index contributed by atoms with van der Waals surface area (Å²) in [7, 11) is -3.24. The van der Waals surface area contributed by atoms with E-state index in [-0.39, 0.29) is 11.3 Å². The highest BCUT2D eigenvalue weighted by atomic mass is 32.2. The predicted molar refractivity (Wildman–Crippen MR) is 77.9 cm³/mol. The molecule has 1 saturated heterocycles. The number of hydrogen-bond acceptors (Lipinski definition) is 3. The van der Waals surface area contributed by atoms with E-state index in [0.29, 0.717) is 26.2 Å². The van der Waals surface area contributed by atoms with Crippen molar-refractivity contribution in [1.29, 1.82) is 0 Å². The molecule has 5 heteroatoms. The Morgan fingerprint density at radius 3 is 2.45 bits per heavy atom. The van der Waals surface area contributed by atoms with E-state index in [1.54, 1.807) is 4.31 Å². The van der Waals surface area contributed by atoms with Crippen LogP contribution in [0.5, 0.6) is 0 Å². The number of benzene rings is 1. The minimum absolute atomic E-state index is 0.196. The summed E-state index contributed by atoms with van der Waals surface area (Å²) in [5, 5.41) is -0.353. The Hall–Kier alpha value is -0.910. The zero-order valence-electron chi connectivity index (χ0n) is 11.8. The third kappa shape index (κ3) is 2.90. The highest BCUT2D eigenvalue weighted by molar-refractivity contribution is 7.89. The van der Waals surface area contributed by atoms with Gasteiger partial charge in [-0.15, -0.1) is 0 Å². The summed E-state index contributed by atoms with van der Waals surface area (Å²) < 4.78 is 32.4. The maximum Gasteiger partial charge on any atom is 0.219 e. The van der Waals surface area contributed by atoms with Crippen LogP contribution in [0.1, 0.15) is 30.4 Å². The van der Waals surface area contributed by atoms with E-state index in [2.05, 4.69) is 0 Å². The highest BCUT2D eigenvalue weighted by Crippen LogP contribution is 2.33. The monoisotopic (exact) mass is 295 g/mol. The lowest BCUT2D eigenvalue weighted by molar-refractivity contribution is 0.197. The van der Waals surface area contributed by atoms with Crippen LogP contribution in [-0.4, -0.2) is 37.2 Å². The second-order valence-corrected chi connectivity index (χ2v) is 7.96. The summed E-state index contributed by atoms with van der Waals surface area (Å²) in [5.41, 5.74) is 2.25. The smallest absolute Gasteiger partial charge is 0.219 e. The van der Waals surface area contributed by atoms with Crippen molar-refractivity contribution in [2.24, 2.45) is 0 Å². The molecule has 1 atom stereocenters. The van der Waals surface area contributed by atoms with Crippen LogP contribution in [0.4, 0.5) is 0 Å². The van der Waals surface area contributed by atoms with E-state index in [1.807, 2.05) is 31.2 Å². The molecule has 1 heterocycles. The van der Waals surface area contributed by atoms with Crippen LogP contribution in [0.25, 0.3) is 0 Å².